The fourth-order valence-corrected chi connectivity index (χ4v) is 3.11. The van der Waals surface area contributed by atoms with Crippen LogP contribution in [-0.4, -0.2) is 28.5 Å². The summed E-state index contributed by atoms with van der Waals surface area (Å²) >= 11 is 3.07. The van der Waals surface area contributed by atoms with Crippen molar-refractivity contribution < 1.29 is 9.53 Å². The van der Waals surface area contributed by atoms with Gasteiger partial charge in [-0.15, -0.1) is 11.8 Å². The molecule has 0 saturated carbocycles. The van der Waals surface area contributed by atoms with E-state index in [1.807, 2.05) is 18.2 Å². The molecule has 0 spiro atoms. The number of rotatable bonds is 4. The molecule has 0 atom stereocenters. The van der Waals surface area contributed by atoms with Gasteiger partial charge in [0.25, 0.3) is 0 Å². The number of methoxy groups -OCH3 is 1. The molecule has 1 amide bonds. The fraction of sp³-hybridized carbons (Fsp3) is 0.429. The molecule has 0 aliphatic carbocycles. The van der Waals surface area contributed by atoms with Gasteiger partial charge < -0.3 is 10.1 Å². The highest BCUT2D eigenvalue weighted by molar-refractivity contribution is 8.01. The molecular weight excluding hydrogens is 292 g/mol. The van der Waals surface area contributed by atoms with E-state index >= 15 is 0 Å². The number of benzene rings is 1. The van der Waals surface area contributed by atoms with E-state index in [1.165, 1.54) is 11.3 Å². The average molecular weight is 310 g/mol. The lowest BCUT2D eigenvalue weighted by atomic mass is 10.3. The van der Waals surface area contributed by atoms with Crippen molar-refractivity contribution >= 4 is 44.4 Å². The largest absolute Gasteiger partial charge is 0.494 e. The van der Waals surface area contributed by atoms with Gasteiger partial charge >= 0.3 is 0 Å². The number of aromatic nitrogens is 1. The van der Waals surface area contributed by atoms with E-state index in [4.69, 9.17) is 4.74 Å². The summed E-state index contributed by atoms with van der Waals surface area (Å²) in [7, 11) is 1.62. The van der Waals surface area contributed by atoms with Gasteiger partial charge in [-0.1, -0.05) is 38.2 Å². The maximum atomic E-state index is 11.9. The lowest BCUT2D eigenvalue weighted by Gasteiger charge is -2.16. The van der Waals surface area contributed by atoms with Crippen molar-refractivity contribution in [3.8, 4) is 5.75 Å². The van der Waals surface area contributed by atoms with E-state index in [1.54, 1.807) is 18.9 Å². The van der Waals surface area contributed by atoms with E-state index in [-0.39, 0.29) is 10.7 Å². The summed E-state index contributed by atoms with van der Waals surface area (Å²) in [6.45, 7) is 6.27. The first-order chi connectivity index (χ1) is 9.39. The third-order valence-electron chi connectivity index (χ3n) is 2.48. The smallest absolute Gasteiger partial charge is 0.236 e. The van der Waals surface area contributed by atoms with Crippen LogP contribution in [-0.2, 0) is 4.79 Å². The number of anilines is 1. The molecule has 1 heterocycles. The van der Waals surface area contributed by atoms with E-state index in [9.17, 15) is 4.79 Å². The number of fused-ring (bicyclic) bond motifs is 1. The van der Waals surface area contributed by atoms with Gasteiger partial charge in [-0.25, -0.2) is 4.98 Å². The van der Waals surface area contributed by atoms with Crippen LogP contribution in [0.3, 0.4) is 0 Å². The second kappa shape index (κ2) is 6.01. The first-order valence-corrected chi connectivity index (χ1v) is 8.06. The van der Waals surface area contributed by atoms with Gasteiger partial charge in [-0.05, 0) is 12.1 Å². The summed E-state index contributed by atoms with van der Waals surface area (Å²) in [5.74, 6) is 1.13. The van der Waals surface area contributed by atoms with Crippen molar-refractivity contribution in [1.29, 1.82) is 0 Å². The van der Waals surface area contributed by atoms with Crippen molar-refractivity contribution in [2.75, 3.05) is 18.2 Å². The highest BCUT2D eigenvalue weighted by Gasteiger charge is 2.15. The Bertz CT molecular complexity index is 617. The number of carbonyl (C=O) groups is 1. The normalized spacial score (nSPS) is 11.6. The Morgan fingerprint density at radius 2 is 2.20 bits per heavy atom. The molecule has 0 aliphatic heterocycles. The predicted molar refractivity (Wildman–Crippen MR) is 87.0 cm³/mol. The third kappa shape index (κ3) is 3.86. The van der Waals surface area contributed by atoms with Crippen molar-refractivity contribution in [1.82, 2.24) is 4.98 Å². The van der Waals surface area contributed by atoms with Crippen LogP contribution >= 0.6 is 23.1 Å². The summed E-state index contributed by atoms with van der Waals surface area (Å²) in [5.41, 5.74) is 0.791. The number of hydrogen-bond donors (Lipinski definition) is 1. The molecule has 108 valence electrons. The van der Waals surface area contributed by atoms with Crippen LogP contribution in [0.5, 0.6) is 5.75 Å². The molecule has 0 aliphatic rings. The number of nitrogens with zero attached hydrogens (tertiary/aromatic N) is 1. The van der Waals surface area contributed by atoms with Gasteiger partial charge in [0.05, 0.1) is 17.6 Å². The van der Waals surface area contributed by atoms with Crippen molar-refractivity contribution in [3.05, 3.63) is 18.2 Å². The minimum Gasteiger partial charge on any atom is -0.494 e. The molecule has 0 unspecified atom stereocenters. The van der Waals surface area contributed by atoms with Gasteiger partial charge in [-0.2, -0.15) is 0 Å². The highest BCUT2D eigenvalue weighted by atomic mass is 32.2. The van der Waals surface area contributed by atoms with E-state index in [0.29, 0.717) is 10.9 Å². The van der Waals surface area contributed by atoms with Crippen LogP contribution in [0.1, 0.15) is 20.8 Å². The number of nitrogens with one attached hydrogen (secondary N) is 1. The second-order valence-corrected chi connectivity index (χ2v) is 8.11. The molecule has 2 rings (SSSR count). The van der Waals surface area contributed by atoms with Crippen molar-refractivity contribution in [2.45, 2.75) is 25.5 Å². The third-order valence-corrected chi connectivity index (χ3v) is 4.69. The minimum absolute atomic E-state index is 0.0250. The molecule has 0 saturated heterocycles. The van der Waals surface area contributed by atoms with Gasteiger partial charge in [0.1, 0.15) is 11.3 Å². The average Bonchev–Trinajstić information content (AvgIpc) is 2.77. The Balaban J connectivity index is 2.08. The number of carbonyl (C=O) groups excluding carboxylic acids is 1. The first kappa shape index (κ1) is 15.1. The summed E-state index contributed by atoms with van der Waals surface area (Å²) in [6.07, 6.45) is 0. The fourth-order valence-electron chi connectivity index (χ4n) is 1.58. The monoisotopic (exact) mass is 310 g/mol. The van der Waals surface area contributed by atoms with Gasteiger partial charge in [0.15, 0.2) is 5.13 Å². The molecule has 6 heteroatoms. The van der Waals surface area contributed by atoms with Crippen LogP contribution in [0.25, 0.3) is 10.2 Å². The molecule has 0 fully saturated rings. The molecule has 20 heavy (non-hydrogen) atoms. The zero-order chi connectivity index (χ0) is 14.8. The van der Waals surface area contributed by atoms with Crippen LogP contribution in [0.15, 0.2) is 18.2 Å². The molecular formula is C14H18N2O2S2. The standard InChI is InChI=1S/C14H18N2O2S2/c1-14(2,3)19-8-11(17)15-13-16-12-9(18-4)6-5-7-10(12)20-13/h5-7H,8H2,1-4H3,(H,15,16,17). The predicted octanol–water partition coefficient (Wildman–Crippen LogP) is 3.78. The number of thiazole rings is 1. The van der Waals surface area contributed by atoms with Gasteiger partial charge in [-0.3, -0.25) is 4.79 Å². The van der Waals surface area contributed by atoms with Crippen molar-refractivity contribution in [3.63, 3.8) is 0 Å². The van der Waals surface area contributed by atoms with E-state index in [0.717, 1.165) is 16.0 Å². The van der Waals surface area contributed by atoms with Crippen LogP contribution in [0, 0.1) is 0 Å². The molecule has 1 aromatic heterocycles. The topological polar surface area (TPSA) is 51.2 Å². The number of para-hydroxylation sites is 1. The highest BCUT2D eigenvalue weighted by Crippen LogP contribution is 2.32. The summed E-state index contributed by atoms with van der Waals surface area (Å²) < 4.78 is 6.35. The van der Waals surface area contributed by atoms with Crippen LogP contribution in [0.2, 0.25) is 0 Å². The summed E-state index contributed by atoms with van der Waals surface area (Å²) in [4.78, 5) is 16.3. The molecule has 1 aromatic carbocycles. The van der Waals surface area contributed by atoms with Crippen molar-refractivity contribution in [2.24, 2.45) is 0 Å². The zero-order valence-corrected chi connectivity index (χ0v) is 13.7. The maximum absolute atomic E-state index is 11.9. The van der Waals surface area contributed by atoms with Crippen LogP contribution < -0.4 is 10.1 Å². The van der Waals surface area contributed by atoms with Crippen LogP contribution in [0.4, 0.5) is 5.13 Å². The maximum Gasteiger partial charge on any atom is 0.236 e. The zero-order valence-electron chi connectivity index (χ0n) is 12.0. The Hall–Kier alpha value is -1.27. The lowest BCUT2D eigenvalue weighted by Crippen LogP contribution is -2.18. The second-order valence-electron chi connectivity index (χ2n) is 5.28. The Morgan fingerprint density at radius 1 is 1.45 bits per heavy atom. The van der Waals surface area contributed by atoms with E-state index in [2.05, 4.69) is 31.1 Å². The van der Waals surface area contributed by atoms with Gasteiger partial charge in [0, 0.05) is 4.75 Å². The Kier molecular flexibility index (Phi) is 4.55. The Labute approximate surface area is 126 Å². The quantitative estimate of drug-likeness (QED) is 0.934. The number of ether oxygens (including phenoxy) is 1. The molecule has 2 aromatic rings. The SMILES string of the molecule is COc1cccc2sc(NC(=O)CSC(C)(C)C)nc12. The minimum atomic E-state index is -0.0250. The number of amides is 1. The first-order valence-electron chi connectivity index (χ1n) is 6.26. The van der Waals surface area contributed by atoms with E-state index < -0.39 is 0 Å². The lowest BCUT2D eigenvalue weighted by molar-refractivity contribution is -0.113. The molecule has 0 bridgehead atoms. The van der Waals surface area contributed by atoms with Gasteiger partial charge in [0.2, 0.25) is 5.91 Å². The Morgan fingerprint density at radius 3 is 2.85 bits per heavy atom. The number of hydrogen-bond acceptors (Lipinski definition) is 5. The molecule has 0 radical (unpaired) electrons. The summed E-state index contributed by atoms with van der Waals surface area (Å²) in [6, 6.07) is 5.75. The number of thioether (sulfide) groups is 1. The molecule has 1 N–H and O–H groups in total. The molecule has 4 nitrogen and oxygen atoms in total. The summed E-state index contributed by atoms with van der Waals surface area (Å²) in [5, 5.41) is 3.46.